The minimum atomic E-state index is -0.777. The van der Waals surface area contributed by atoms with Crippen molar-refractivity contribution in [2.75, 3.05) is 11.9 Å². The lowest BCUT2D eigenvalue weighted by atomic mass is 10.2. The molecule has 0 aliphatic heterocycles. The Balaban J connectivity index is 2.95. The van der Waals surface area contributed by atoms with Crippen LogP contribution in [0.15, 0.2) is 29.3 Å². The van der Waals surface area contributed by atoms with Gasteiger partial charge in [-0.15, -0.1) is 0 Å². The quantitative estimate of drug-likeness (QED) is 0.434. The Morgan fingerprint density at radius 3 is 1.97 bits per heavy atom. The molecule has 10 nitrogen and oxygen atoms in total. The second kappa shape index (κ2) is 10.6. The average Bonchev–Trinajstić information content (AvgIpc) is 2.56. The van der Waals surface area contributed by atoms with E-state index in [1.165, 1.54) is 0 Å². The van der Waals surface area contributed by atoms with Gasteiger partial charge >= 0.3 is 12.2 Å². The first-order valence-corrected chi connectivity index (χ1v) is 9.41. The number of aliphatic imine (C=N–C) groups is 1. The minimum Gasteiger partial charge on any atom is -0.444 e. The fourth-order valence-corrected chi connectivity index (χ4v) is 2.04. The number of nitrogens with one attached hydrogen (secondary N) is 3. The SMILES string of the molecule is CC(C)(C)OC(=O)NC(=NCc1cccc(NC(=O)CN)c1)NC(=O)OC(C)(C)C. The average molecular weight is 421 g/mol. The van der Waals surface area contributed by atoms with Gasteiger partial charge in [-0.25, -0.2) is 14.6 Å². The van der Waals surface area contributed by atoms with Crippen LogP contribution in [0.25, 0.3) is 0 Å². The van der Waals surface area contributed by atoms with E-state index >= 15 is 0 Å². The Bertz CT molecular complexity index is 762. The highest BCUT2D eigenvalue weighted by molar-refractivity contribution is 6.01. The maximum absolute atomic E-state index is 12.1. The van der Waals surface area contributed by atoms with Crippen molar-refractivity contribution < 1.29 is 23.9 Å². The van der Waals surface area contributed by atoms with Crippen LogP contribution in [0.2, 0.25) is 0 Å². The summed E-state index contributed by atoms with van der Waals surface area (Å²) in [6.07, 6.45) is -1.55. The number of benzene rings is 1. The second-order valence-corrected chi connectivity index (χ2v) is 8.37. The van der Waals surface area contributed by atoms with Gasteiger partial charge in [0.1, 0.15) is 11.2 Å². The predicted molar refractivity (Wildman–Crippen MR) is 114 cm³/mol. The van der Waals surface area contributed by atoms with Gasteiger partial charge in [-0.05, 0) is 59.2 Å². The molecule has 166 valence electrons. The first kappa shape index (κ1) is 24.9. The number of rotatable bonds is 4. The molecule has 0 aromatic heterocycles. The van der Waals surface area contributed by atoms with E-state index in [1.54, 1.807) is 65.8 Å². The molecule has 0 saturated heterocycles. The van der Waals surface area contributed by atoms with E-state index in [9.17, 15) is 14.4 Å². The van der Waals surface area contributed by atoms with Crippen molar-refractivity contribution in [3.05, 3.63) is 29.8 Å². The normalized spacial score (nSPS) is 11.2. The molecule has 10 heteroatoms. The lowest BCUT2D eigenvalue weighted by molar-refractivity contribution is -0.114. The molecule has 1 aromatic rings. The number of hydrogen-bond donors (Lipinski definition) is 4. The largest absolute Gasteiger partial charge is 0.444 e. The summed E-state index contributed by atoms with van der Waals surface area (Å²) in [5.41, 5.74) is 5.12. The molecule has 1 aromatic carbocycles. The van der Waals surface area contributed by atoms with Crippen LogP contribution in [-0.2, 0) is 20.8 Å². The zero-order valence-corrected chi connectivity index (χ0v) is 18.3. The Labute approximate surface area is 176 Å². The molecule has 30 heavy (non-hydrogen) atoms. The molecule has 0 aliphatic carbocycles. The first-order valence-electron chi connectivity index (χ1n) is 9.41. The van der Waals surface area contributed by atoms with Gasteiger partial charge < -0.3 is 20.5 Å². The van der Waals surface area contributed by atoms with Crippen molar-refractivity contribution in [1.82, 2.24) is 10.6 Å². The number of amides is 3. The van der Waals surface area contributed by atoms with Gasteiger partial charge in [0.05, 0.1) is 13.1 Å². The number of ether oxygens (including phenoxy) is 2. The molecule has 3 amide bonds. The highest BCUT2D eigenvalue weighted by Gasteiger charge is 2.21. The second-order valence-electron chi connectivity index (χ2n) is 8.37. The summed E-state index contributed by atoms with van der Waals surface area (Å²) >= 11 is 0. The van der Waals surface area contributed by atoms with Crippen LogP contribution in [-0.4, -0.2) is 41.8 Å². The smallest absolute Gasteiger partial charge is 0.414 e. The van der Waals surface area contributed by atoms with E-state index < -0.39 is 23.4 Å². The van der Waals surface area contributed by atoms with Crippen LogP contribution in [0.4, 0.5) is 15.3 Å². The number of carbonyl (C=O) groups excluding carboxylic acids is 3. The number of nitrogens with two attached hydrogens (primary N) is 1. The monoisotopic (exact) mass is 421 g/mol. The Hall–Kier alpha value is -3.14. The van der Waals surface area contributed by atoms with Gasteiger partial charge in [-0.3, -0.25) is 15.4 Å². The number of anilines is 1. The lowest BCUT2D eigenvalue weighted by Crippen LogP contribution is -2.47. The maximum atomic E-state index is 12.1. The Kier molecular flexibility index (Phi) is 8.78. The zero-order valence-electron chi connectivity index (χ0n) is 18.3. The third-order valence-corrected chi connectivity index (χ3v) is 3.05. The molecule has 5 N–H and O–H groups in total. The number of hydrogen-bond acceptors (Lipinski definition) is 7. The molecule has 0 spiro atoms. The van der Waals surface area contributed by atoms with Crippen LogP contribution in [0.3, 0.4) is 0 Å². The van der Waals surface area contributed by atoms with Gasteiger partial charge in [-0.1, -0.05) is 12.1 Å². The molecule has 0 heterocycles. The molecule has 0 bridgehead atoms. The predicted octanol–water partition coefficient (Wildman–Crippen LogP) is 2.49. The molecule has 0 aliphatic rings. The van der Waals surface area contributed by atoms with Crippen molar-refractivity contribution in [2.24, 2.45) is 10.7 Å². The van der Waals surface area contributed by atoms with Crippen LogP contribution < -0.4 is 21.7 Å². The molecule has 0 radical (unpaired) electrons. The highest BCUT2D eigenvalue weighted by atomic mass is 16.6. The van der Waals surface area contributed by atoms with Crippen LogP contribution >= 0.6 is 0 Å². The summed E-state index contributed by atoms with van der Waals surface area (Å²) in [5, 5.41) is 7.46. The van der Waals surface area contributed by atoms with E-state index in [0.29, 0.717) is 5.69 Å². The fraction of sp³-hybridized carbons (Fsp3) is 0.500. The number of nitrogens with zero attached hydrogens (tertiary/aromatic N) is 1. The van der Waals surface area contributed by atoms with Crippen molar-refractivity contribution in [3.63, 3.8) is 0 Å². The van der Waals surface area contributed by atoms with Crippen LogP contribution in [0.5, 0.6) is 0 Å². The van der Waals surface area contributed by atoms with Gasteiger partial charge in [0.25, 0.3) is 0 Å². The van der Waals surface area contributed by atoms with Gasteiger partial charge in [0.15, 0.2) is 0 Å². The van der Waals surface area contributed by atoms with E-state index in [-0.39, 0.29) is 25.0 Å². The van der Waals surface area contributed by atoms with Crippen molar-refractivity contribution in [2.45, 2.75) is 59.3 Å². The zero-order chi connectivity index (χ0) is 22.9. The highest BCUT2D eigenvalue weighted by Crippen LogP contribution is 2.12. The van der Waals surface area contributed by atoms with Crippen LogP contribution in [0.1, 0.15) is 47.1 Å². The fourth-order valence-electron chi connectivity index (χ4n) is 2.04. The molecule has 0 saturated carbocycles. The molecular formula is C20H31N5O5. The van der Waals surface area contributed by atoms with E-state index in [2.05, 4.69) is 20.9 Å². The van der Waals surface area contributed by atoms with Gasteiger partial charge in [0.2, 0.25) is 11.9 Å². The molecule has 0 fully saturated rings. The summed E-state index contributed by atoms with van der Waals surface area (Å²) in [7, 11) is 0. The molecule has 0 atom stereocenters. The standard InChI is InChI=1S/C20H31N5O5/c1-19(2,3)29-17(27)24-16(25-18(28)30-20(4,5)6)22-12-13-8-7-9-14(10-13)23-15(26)11-21/h7-10H,11-12,21H2,1-6H3,(H,23,26)(H2,22,24,25,27,28). The van der Waals surface area contributed by atoms with Crippen molar-refractivity contribution >= 4 is 29.7 Å². The Morgan fingerprint density at radius 1 is 0.967 bits per heavy atom. The summed E-state index contributed by atoms with van der Waals surface area (Å²) in [5.74, 6) is -0.454. The van der Waals surface area contributed by atoms with E-state index in [0.717, 1.165) is 5.56 Å². The molecular weight excluding hydrogens is 390 g/mol. The topological polar surface area (TPSA) is 144 Å². The van der Waals surface area contributed by atoms with E-state index in [4.69, 9.17) is 15.2 Å². The number of alkyl carbamates (subject to hydrolysis) is 2. The van der Waals surface area contributed by atoms with E-state index in [1.807, 2.05) is 0 Å². The van der Waals surface area contributed by atoms with Gasteiger partial charge in [-0.2, -0.15) is 0 Å². The van der Waals surface area contributed by atoms with Gasteiger partial charge in [0, 0.05) is 5.69 Å². The van der Waals surface area contributed by atoms with Crippen molar-refractivity contribution in [1.29, 1.82) is 0 Å². The number of carbonyl (C=O) groups is 3. The first-order chi connectivity index (χ1) is 13.8. The maximum Gasteiger partial charge on any atom is 0.414 e. The van der Waals surface area contributed by atoms with Crippen molar-refractivity contribution in [3.8, 4) is 0 Å². The van der Waals surface area contributed by atoms with Crippen LogP contribution in [0, 0.1) is 0 Å². The minimum absolute atomic E-state index is 0.104. The summed E-state index contributed by atoms with van der Waals surface area (Å²) < 4.78 is 10.4. The third kappa shape index (κ3) is 11.0. The third-order valence-electron chi connectivity index (χ3n) is 3.05. The Morgan fingerprint density at radius 2 is 1.50 bits per heavy atom. The molecule has 0 unspecified atom stereocenters. The summed E-state index contributed by atoms with van der Waals surface area (Å²) in [4.78, 5) is 39.9. The molecule has 1 rings (SSSR count). The summed E-state index contributed by atoms with van der Waals surface area (Å²) in [6.45, 7) is 10.3. The lowest BCUT2D eigenvalue weighted by Gasteiger charge is -2.22. The summed E-state index contributed by atoms with van der Waals surface area (Å²) in [6, 6.07) is 6.93. The number of guanidine groups is 1.